The van der Waals surface area contributed by atoms with Crippen molar-refractivity contribution in [2.24, 2.45) is 4.99 Å². The molecular formula is C14H12FN3O. The van der Waals surface area contributed by atoms with E-state index in [0.29, 0.717) is 35.3 Å². The highest BCUT2D eigenvalue weighted by molar-refractivity contribution is 5.99. The third kappa shape index (κ3) is 2.49. The van der Waals surface area contributed by atoms with Gasteiger partial charge in [0.05, 0.1) is 0 Å². The van der Waals surface area contributed by atoms with Gasteiger partial charge in [-0.3, -0.25) is 0 Å². The number of hydrogen-bond acceptors (Lipinski definition) is 4. The van der Waals surface area contributed by atoms with E-state index in [0.717, 1.165) is 0 Å². The number of nitrogens with one attached hydrogen (secondary N) is 1. The second-order valence-electron chi connectivity index (χ2n) is 4.21. The van der Waals surface area contributed by atoms with E-state index in [9.17, 15) is 4.39 Å². The summed E-state index contributed by atoms with van der Waals surface area (Å²) in [6.07, 6.45) is 0. The second kappa shape index (κ2) is 4.61. The molecule has 5 heteroatoms. The van der Waals surface area contributed by atoms with E-state index in [1.165, 1.54) is 12.1 Å². The lowest BCUT2D eigenvalue weighted by atomic mass is 10.2. The summed E-state index contributed by atoms with van der Waals surface area (Å²) >= 11 is 0. The van der Waals surface area contributed by atoms with Crippen molar-refractivity contribution in [1.82, 2.24) is 0 Å². The zero-order valence-electron chi connectivity index (χ0n) is 10.1. The topological polar surface area (TPSA) is 59.6 Å². The number of halogens is 1. The summed E-state index contributed by atoms with van der Waals surface area (Å²) in [5.41, 5.74) is 7.65. The van der Waals surface area contributed by atoms with Crippen LogP contribution in [0.4, 0.5) is 21.5 Å². The molecule has 1 aliphatic rings. The van der Waals surface area contributed by atoms with Gasteiger partial charge in [0.25, 0.3) is 0 Å². The van der Waals surface area contributed by atoms with Crippen LogP contribution in [-0.4, -0.2) is 12.4 Å². The van der Waals surface area contributed by atoms with Crippen molar-refractivity contribution >= 4 is 22.9 Å². The minimum atomic E-state index is -0.296. The Morgan fingerprint density at radius 3 is 2.95 bits per heavy atom. The molecule has 0 amide bonds. The summed E-state index contributed by atoms with van der Waals surface area (Å²) < 4.78 is 18.6. The van der Waals surface area contributed by atoms with Crippen molar-refractivity contribution in [2.45, 2.75) is 0 Å². The van der Waals surface area contributed by atoms with Gasteiger partial charge < -0.3 is 15.8 Å². The van der Waals surface area contributed by atoms with Gasteiger partial charge in [-0.2, -0.15) is 0 Å². The average molecular weight is 257 g/mol. The number of hydrogen-bond donors (Lipinski definition) is 2. The van der Waals surface area contributed by atoms with Crippen molar-refractivity contribution in [2.75, 3.05) is 17.7 Å². The molecule has 4 nitrogen and oxygen atoms in total. The van der Waals surface area contributed by atoms with Crippen LogP contribution in [0.15, 0.2) is 47.5 Å². The molecule has 3 N–H and O–H groups in total. The standard InChI is InChI=1S/C14H12FN3O/c15-9-2-1-3-11(6-9)17-14-8-19-13-7-10(16)4-5-12(13)18-14/h1-7H,8,16H2,(H,17,18). The Hall–Kier alpha value is -2.56. The highest BCUT2D eigenvalue weighted by Gasteiger charge is 2.13. The van der Waals surface area contributed by atoms with E-state index in [4.69, 9.17) is 10.5 Å². The molecule has 19 heavy (non-hydrogen) atoms. The zero-order valence-corrected chi connectivity index (χ0v) is 10.1. The van der Waals surface area contributed by atoms with Crippen LogP contribution >= 0.6 is 0 Å². The van der Waals surface area contributed by atoms with Crippen LogP contribution in [0.3, 0.4) is 0 Å². The summed E-state index contributed by atoms with van der Waals surface area (Å²) in [6.45, 7) is 0.299. The number of amidine groups is 1. The van der Waals surface area contributed by atoms with Crippen LogP contribution in [0, 0.1) is 5.82 Å². The lowest BCUT2D eigenvalue weighted by molar-refractivity contribution is 0.372. The van der Waals surface area contributed by atoms with E-state index >= 15 is 0 Å². The largest absolute Gasteiger partial charge is 0.483 e. The fourth-order valence-corrected chi connectivity index (χ4v) is 1.86. The first kappa shape index (κ1) is 11.5. The molecule has 0 atom stereocenters. The van der Waals surface area contributed by atoms with Crippen LogP contribution < -0.4 is 15.8 Å². The zero-order chi connectivity index (χ0) is 13.2. The van der Waals surface area contributed by atoms with Gasteiger partial charge in [-0.25, -0.2) is 9.38 Å². The van der Waals surface area contributed by atoms with Gasteiger partial charge in [0.15, 0.2) is 0 Å². The second-order valence-corrected chi connectivity index (χ2v) is 4.21. The van der Waals surface area contributed by atoms with Crippen LogP contribution in [0.1, 0.15) is 0 Å². The molecule has 3 rings (SSSR count). The normalized spacial score (nSPS) is 13.2. The van der Waals surface area contributed by atoms with E-state index < -0.39 is 0 Å². The Morgan fingerprint density at radius 1 is 1.21 bits per heavy atom. The summed E-state index contributed by atoms with van der Waals surface area (Å²) in [5.74, 6) is 0.989. The minimum Gasteiger partial charge on any atom is -0.483 e. The van der Waals surface area contributed by atoms with Crippen LogP contribution in [0.25, 0.3) is 0 Å². The molecule has 2 aromatic rings. The third-order valence-corrected chi connectivity index (χ3v) is 2.72. The molecule has 2 aromatic carbocycles. The summed E-state index contributed by atoms with van der Waals surface area (Å²) in [5, 5.41) is 3.03. The van der Waals surface area contributed by atoms with Gasteiger partial charge in [0, 0.05) is 17.4 Å². The molecule has 0 radical (unpaired) electrons. The Balaban J connectivity index is 1.85. The number of anilines is 2. The molecule has 0 spiro atoms. The van der Waals surface area contributed by atoms with E-state index in [1.807, 2.05) is 0 Å². The summed E-state index contributed by atoms with van der Waals surface area (Å²) in [7, 11) is 0. The Kier molecular flexibility index (Phi) is 2.79. The van der Waals surface area contributed by atoms with E-state index in [2.05, 4.69) is 10.3 Å². The van der Waals surface area contributed by atoms with E-state index in [1.54, 1.807) is 30.3 Å². The number of aliphatic imine (C=N–C) groups is 1. The Morgan fingerprint density at radius 2 is 2.11 bits per heavy atom. The number of nitrogen functional groups attached to an aromatic ring is 1. The minimum absolute atomic E-state index is 0.296. The summed E-state index contributed by atoms with van der Waals surface area (Å²) in [4.78, 5) is 4.41. The first-order valence-corrected chi connectivity index (χ1v) is 5.83. The molecule has 1 heterocycles. The molecular weight excluding hydrogens is 245 g/mol. The highest BCUT2D eigenvalue weighted by Crippen LogP contribution is 2.32. The van der Waals surface area contributed by atoms with Crippen molar-refractivity contribution in [3.63, 3.8) is 0 Å². The van der Waals surface area contributed by atoms with Gasteiger partial charge in [-0.15, -0.1) is 0 Å². The van der Waals surface area contributed by atoms with Gasteiger partial charge in [0.2, 0.25) is 0 Å². The molecule has 0 aromatic heterocycles. The third-order valence-electron chi connectivity index (χ3n) is 2.72. The number of benzene rings is 2. The number of nitrogens with zero attached hydrogens (tertiary/aromatic N) is 1. The van der Waals surface area contributed by atoms with Gasteiger partial charge in [-0.1, -0.05) is 6.07 Å². The van der Waals surface area contributed by atoms with Crippen molar-refractivity contribution in [3.8, 4) is 5.75 Å². The van der Waals surface area contributed by atoms with Gasteiger partial charge in [-0.05, 0) is 30.3 Å². The number of nitrogens with two attached hydrogens (primary N) is 1. The average Bonchev–Trinajstić information content (AvgIpc) is 2.39. The maximum atomic E-state index is 13.1. The molecule has 1 aliphatic heterocycles. The smallest absolute Gasteiger partial charge is 0.147 e. The first-order chi connectivity index (χ1) is 9.20. The lowest BCUT2D eigenvalue weighted by Gasteiger charge is -2.18. The van der Waals surface area contributed by atoms with Crippen LogP contribution in [-0.2, 0) is 0 Å². The fraction of sp³-hybridized carbons (Fsp3) is 0.0714. The lowest BCUT2D eigenvalue weighted by Crippen LogP contribution is -2.23. The Bertz CT molecular complexity index is 655. The predicted octanol–water partition coefficient (Wildman–Crippen LogP) is 2.94. The molecule has 0 fully saturated rings. The predicted molar refractivity (Wildman–Crippen MR) is 73.5 cm³/mol. The molecule has 0 unspecified atom stereocenters. The fourth-order valence-electron chi connectivity index (χ4n) is 1.86. The van der Waals surface area contributed by atoms with Crippen molar-refractivity contribution < 1.29 is 9.13 Å². The van der Waals surface area contributed by atoms with Crippen molar-refractivity contribution in [3.05, 3.63) is 48.3 Å². The maximum Gasteiger partial charge on any atom is 0.147 e. The van der Waals surface area contributed by atoms with Crippen LogP contribution in [0.2, 0.25) is 0 Å². The molecule has 0 aliphatic carbocycles. The molecule has 0 saturated carbocycles. The van der Waals surface area contributed by atoms with Gasteiger partial charge >= 0.3 is 0 Å². The van der Waals surface area contributed by atoms with Crippen molar-refractivity contribution in [1.29, 1.82) is 0 Å². The quantitative estimate of drug-likeness (QED) is 0.772. The van der Waals surface area contributed by atoms with E-state index in [-0.39, 0.29) is 5.82 Å². The first-order valence-electron chi connectivity index (χ1n) is 5.83. The maximum absolute atomic E-state index is 13.1. The number of fused-ring (bicyclic) bond motifs is 1. The van der Waals surface area contributed by atoms with Gasteiger partial charge in [0.1, 0.15) is 29.7 Å². The number of ether oxygens (including phenoxy) is 1. The Labute approximate surface area is 109 Å². The number of rotatable bonds is 1. The van der Waals surface area contributed by atoms with Crippen LogP contribution in [0.5, 0.6) is 5.75 Å². The highest BCUT2D eigenvalue weighted by atomic mass is 19.1. The molecule has 0 bridgehead atoms. The monoisotopic (exact) mass is 257 g/mol. The summed E-state index contributed by atoms with van der Waals surface area (Å²) in [6, 6.07) is 11.5. The SMILES string of the molecule is Nc1ccc2c(c1)OCC(Nc1cccc(F)c1)=N2. The molecule has 0 saturated heterocycles. The molecule has 96 valence electrons.